The van der Waals surface area contributed by atoms with E-state index in [0.717, 1.165) is 0 Å². The number of hydrogen-bond donors (Lipinski definition) is 3. The molecule has 0 aliphatic carbocycles. The SMILES string of the molecule is CC(C)(C)OC(=O)NC1(S(=O)(=O)O)NC=CS1. The van der Waals surface area contributed by atoms with Crippen molar-refractivity contribution in [2.75, 3.05) is 0 Å². The molecule has 9 heteroatoms. The van der Waals surface area contributed by atoms with Crippen molar-refractivity contribution < 1.29 is 22.5 Å². The lowest BCUT2D eigenvalue weighted by atomic mass is 10.2. The summed E-state index contributed by atoms with van der Waals surface area (Å²) in [6.45, 7) is 4.92. The molecule has 0 saturated carbocycles. The highest BCUT2D eigenvalue weighted by Crippen LogP contribution is 2.30. The molecule has 98 valence electrons. The molecule has 1 atom stereocenters. The van der Waals surface area contributed by atoms with Crippen LogP contribution in [0.15, 0.2) is 11.6 Å². The van der Waals surface area contributed by atoms with Gasteiger partial charge in [0.1, 0.15) is 5.60 Å². The third kappa shape index (κ3) is 3.51. The van der Waals surface area contributed by atoms with Crippen molar-refractivity contribution in [1.82, 2.24) is 10.6 Å². The van der Waals surface area contributed by atoms with Crippen LogP contribution in [0.25, 0.3) is 0 Å². The van der Waals surface area contributed by atoms with Gasteiger partial charge in [-0.25, -0.2) is 4.79 Å². The summed E-state index contributed by atoms with van der Waals surface area (Å²) in [4.78, 5) is 11.5. The summed E-state index contributed by atoms with van der Waals surface area (Å²) in [5, 5.41) is 5.83. The second-order valence-corrected chi connectivity index (χ2v) is 7.22. The minimum Gasteiger partial charge on any atom is -0.444 e. The second-order valence-electron chi connectivity index (χ2n) is 4.28. The maximum Gasteiger partial charge on any atom is 0.411 e. The predicted molar refractivity (Wildman–Crippen MR) is 63.5 cm³/mol. The molecule has 0 fully saturated rings. The van der Waals surface area contributed by atoms with Gasteiger partial charge in [-0.15, -0.1) is 0 Å². The predicted octanol–water partition coefficient (Wildman–Crippen LogP) is 0.818. The average Bonchev–Trinajstić information content (AvgIpc) is 2.48. The molecule has 1 aliphatic heterocycles. The third-order valence-corrected chi connectivity index (χ3v) is 4.30. The molecule has 0 aromatic heterocycles. The maximum atomic E-state index is 11.5. The van der Waals surface area contributed by atoms with Gasteiger partial charge in [0.15, 0.2) is 0 Å². The summed E-state index contributed by atoms with van der Waals surface area (Å²) in [5.74, 6) is 0. The Morgan fingerprint density at radius 2 is 2.12 bits per heavy atom. The molecule has 1 rings (SSSR count). The van der Waals surface area contributed by atoms with Crippen molar-refractivity contribution in [3.8, 4) is 0 Å². The average molecular weight is 282 g/mol. The van der Waals surface area contributed by atoms with Crippen LogP contribution in [-0.2, 0) is 14.9 Å². The molecule has 1 unspecified atom stereocenters. The van der Waals surface area contributed by atoms with E-state index < -0.39 is 26.1 Å². The maximum absolute atomic E-state index is 11.5. The van der Waals surface area contributed by atoms with Gasteiger partial charge in [0.2, 0.25) is 0 Å². The number of amides is 1. The van der Waals surface area contributed by atoms with Crippen LogP contribution in [0.2, 0.25) is 0 Å². The minimum absolute atomic E-state index is 0.710. The number of rotatable bonds is 2. The van der Waals surface area contributed by atoms with Gasteiger partial charge in [-0.1, -0.05) is 11.8 Å². The summed E-state index contributed by atoms with van der Waals surface area (Å²) in [6.07, 6.45) is 0.356. The van der Waals surface area contributed by atoms with Crippen LogP contribution < -0.4 is 10.6 Å². The number of thioether (sulfide) groups is 1. The third-order valence-electron chi connectivity index (χ3n) is 1.60. The fourth-order valence-electron chi connectivity index (χ4n) is 1.01. The van der Waals surface area contributed by atoms with Crippen molar-refractivity contribution in [1.29, 1.82) is 0 Å². The summed E-state index contributed by atoms with van der Waals surface area (Å²) in [5.41, 5.74) is -0.763. The van der Waals surface area contributed by atoms with Gasteiger partial charge in [0, 0.05) is 6.20 Å². The lowest BCUT2D eigenvalue weighted by molar-refractivity contribution is 0.0506. The Balaban J connectivity index is 2.80. The highest BCUT2D eigenvalue weighted by molar-refractivity contribution is 8.14. The molecule has 7 nitrogen and oxygen atoms in total. The van der Waals surface area contributed by atoms with Crippen LogP contribution >= 0.6 is 11.8 Å². The number of ether oxygens (including phenoxy) is 1. The topological polar surface area (TPSA) is 105 Å². The Hall–Kier alpha value is -0.930. The Morgan fingerprint density at radius 1 is 1.53 bits per heavy atom. The van der Waals surface area contributed by atoms with Crippen LogP contribution in [0.5, 0.6) is 0 Å². The Morgan fingerprint density at radius 3 is 2.47 bits per heavy atom. The summed E-state index contributed by atoms with van der Waals surface area (Å²) in [6, 6.07) is 0. The van der Waals surface area contributed by atoms with E-state index in [1.807, 2.05) is 0 Å². The van der Waals surface area contributed by atoms with E-state index >= 15 is 0 Å². The highest BCUT2D eigenvalue weighted by atomic mass is 32.3. The fourth-order valence-corrected chi connectivity index (χ4v) is 2.70. The van der Waals surface area contributed by atoms with E-state index in [1.165, 1.54) is 11.6 Å². The number of carbonyl (C=O) groups is 1. The summed E-state index contributed by atoms with van der Waals surface area (Å²) in [7, 11) is -4.54. The first-order valence-corrected chi connectivity index (χ1v) is 6.96. The molecule has 1 heterocycles. The molecule has 0 bridgehead atoms. The molecule has 0 saturated heterocycles. The number of hydrogen-bond acceptors (Lipinski definition) is 6. The fraction of sp³-hybridized carbons (Fsp3) is 0.625. The number of nitrogens with one attached hydrogen (secondary N) is 2. The van der Waals surface area contributed by atoms with Gasteiger partial charge >= 0.3 is 16.2 Å². The van der Waals surface area contributed by atoms with Crippen LogP contribution in [0.1, 0.15) is 20.8 Å². The van der Waals surface area contributed by atoms with Crippen LogP contribution in [0.3, 0.4) is 0 Å². The summed E-state index contributed by atoms with van der Waals surface area (Å²) < 4.78 is 34.4. The molecule has 17 heavy (non-hydrogen) atoms. The van der Waals surface area contributed by atoms with Crippen molar-refractivity contribution in [3.63, 3.8) is 0 Å². The Kier molecular flexibility index (Phi) is 3.65. The zero-order valence-electron chi connectivity index (χ0n) is 9.55. The standard InChI is InChI=1S/C8H14N2O5S2/c1-7(2,3)15-6(11)10-8(17(12,13)14)9-4-5-16-8/h4-5,9H,1-3H3,(H,10,11)(H,12,13,14). The van der Waals surface area contributed by atoms with E-state index in [9.17, 15) is 13.2 Å². The van der Waals surface area contributed by atoms with Gasteiger partial charge in [-0.2, -0.15) is 8.42 Å². The van der Waals surface area contributed by atoms with Crippen LogP contribution in [0.4, 0.5) is 4.79 Å². The normalized spacial score (nSPS) is 24.2. The van der Waals surface area contributed by atoms with Crippen molar-refractivity contribution in [3.05, 3.63) is 11.6 Å². The van der Waals surface area contributed by atoms with Gasteiger partial charge < -0.3 is 10.1 Å². The number of carbonyl (C=O) groups excluding carboxylic acids is 1. The van der Waals surface area contributed by atoms with Gasteiger partial charge in [-0.3, -0.25) is 9.87 Å². The first kappa shape index (κ1) is 14.1. The zero-order valence-corrected chi connectivity index (χ0v) is 11.2. The lowest BCUT2D eigenvalue weighted by Crippen LogP contribution is -2.58. The minimum atomic E-state index is -4.54. The van der Waals surface area contributed by atoms with Crippen LogP contribution in [-0.4, -0.2) is 29.0 Å². The van der Waals surface area contributed by atoms with E-state index in [1.54, 1.807) is 20.8 Å². The highest BCUT2D eigenvalue weighted by Gasteiger charge is 2.47. The lowest BCUT2D eigenvalue weighted by Gasteiger charge is -2.28. The number of alkyl carbamates (subject to hydrolysis) is 1. The quantitative estimate of drug-likeness (QED) is 0.644. The van der Waals surface area contributed by atoms with E-state index in [0.29, 0.717) is 11.8 Å². The smallest absolute Gasteiger partial charge is 0.411 e. The largest absolute Gasteiger partial charge is 0.444 e. The van der Waals surface area contributed by atoms with Crippen molar-refractivity contribution in [2.45, 2.75) is 30.7 Å². The van der Waals surface area contributed by atoms with E-state index in [-0.39, 0.29) is 0 Å². The van der Waals surface area contributed by atoms with Gasteiger partial charge in [-0.05, 0) is 26.2 Å². The van der Waals surface area contributed by atoms with E-state index in [4.69, 9.17) is 9.29 Å². The summed E-state index contributed by atoms with van der Waals surface area (Å²) >= 11 is 0.710. The molecule has 0 aromatic carbocycles. The molecule has 1 aliphatic rings. The van der Waals surface area contributed by atoms with Crippen LogP contribution in [0, 0.1) is 0 Å². The Bertz CT molecular complexity index is 429. The second kappa shape index (κ2) is 4.39. The molecule has 3 N–H and O–H groups in total. The molecule has 1 amide bonds. The molecular formula is C8H14N2O5S2. The molecule has 0 radical (unpaired) electrons. The molecule has 0 spiro atoms. The van der Waals surface area contributed by atoms with Crippen molar-refractivity contribution >= 4 is 28.0 Å². The first-order valence-electron chi connectivity index (χ1n) is 4.64. The molecule has 0 aromatic rings. The monoisotopic (exact) mass is 282 g/mol. The van der Waals surface area contributed by atoms with Gasteiger partial charge in [0.05, 0.1) is 0 Å². The van der Waals surface area contributed by atoms with Crippen molar-refractivity contribution in [2.24, 2.45) is 0 Å². The first-order chi connectivity index (χ1) is 7.56. The molecular weight excluding hydrogens is 268 g/mol. The Labute approximate surface area is 104 Å². The zero-order chi connectivity index (χ0) is 13.3. The van der Waals surface area contributed by atoms with Gasteiger partial charge in [0.25, 0.3) is 4.33 Å². The van der Waals surface area contributed by atoms with E-state index in [2.05, 4.69) is 10.6 Å².